The third-order valence-electron chi connectivity index (χ3n) is 4.25. The first-order valence-corrected chi connectivity index (χ1v) is 10.4. The number of hydrogen-bond acceptors (Lipinski definition) is 4. The summed E-state index contributed by atoms with van der Waals surface area (Å²) in [5.41, 5.74) is 4.41. The minimum atomic E-state index is -0.143. The van der Waals surface area contributed by atoms with Crippen molar-refractivity contribution in [3.05, 3.63) is 88.0 Å². The Labute approximate surface area is 182 Å². The molecule has 4 rings (SSSR count). The molecular weight excluding hydrogens is 425 g/mol. The maximum atomic E-state index is 12.3. The van der Waals surface area contributed by atoms with Crippen LogP contribution in [0, 0.1) is 0 Å². The predicted molar refractivity (Wildman–Crippen MR) is 120 cm³/mol. The van der Waals surface area contributed by atoms with Crippen molar-refractivity contribution in [2.24, 2.45) is 0 Å². The van der Waals surface area contributed by atoms with Gasteiger partial charge in [-0.2, -0.15) is 0 Å². The zero-order valence-corrected chi connectivity index (χ0v) is 17.4. The maximum absolute atomic E-state index is 12.3. The molecular formula is C22H15Cl2N3OS. The van der Waals surface area contributed by atoms with Gasteiger partial charge in [0, 0.05) is 33.9 Å². The summed E-state index contributed by atoms with van der Waals surface area (Å²) in [5.74, 6) is -0.143. The summed E-state index contributed by atoms with van der Waals surface area (Å²) < 4.78 is 0. The molecule has 0 saturated carbocycles. The molecule has 0 aliphatic heterocycles. The van der Waals surface area contributed by atoms with Gasteiger partial charge in [-0.1, -0.05) is 47.5 Å². The van der Waals surface area contributed by atoms with Gasteiger partial charge in [0.1, 0.15) is 5.01 Å². The molecule has 0 aliphatic carbocycles. The van der Waals surface area contributed by atoms with Crippen LogP contribution in [0.2, 0.25) is 10.0 Å². The molecule has 29 heavy (non-hydrogen) atoms. The Hall–Kier alpha value is -2.73. The number of aromatic nitrogens is 2. The monoisotopic (exact) mass is 439 g/mol. The van der Waals surface area contributed by atoms with E-state index < -0.39 is 0 Å². The van der Waals surface area contributed by atoms with Crippen LogP contribution in [0.1, 0.15) is 5.56 Å². The lowest BCUT2D eigenvalue weighted by Gasteiger charge is -2.08. The van der Waals surface area contributed by atoms with Crippen molar-refractivity contribution >= 4 is 46.1 Å². The van der Waals surface area contributed by atoms with Crippen LogP contribution in [0.3, 0.4) is 0 Å². The molecule has 0 spiro atoms. The Balaban J connectivity index is 1.43. The summed E-state index contributed by atoms with van der Waals surface area (Å²) in [5, 5.41) is 6.72. The standard InChI is InChI=1S/C22H15Cl2N3OS/c23-17-5-6-19(18(24)12-17)26-21(28)11-14-1-3-15(4-2-14)20-13-29-22(27-20)16-7-9-25-10-8-16/h1-10,12-13H,11H2,(H,26,28). The van der Waals surface area contributed by atoms with E-state index in [-0.39, 0.29) is 12.3 Å². The van der Waals surface area contributed by atoms with E-state index in [4.69, 9.17) is 28.2 Å². The normalized spacial score (nSPS) is 10.7. The third kappa shape index (κ3) is 4.82. The van der Waals surface area contributed by atoms with Crippen molar-refractivity contribution in [3.8, 4) is 21.8 Å². The number of nitrogens with zero attached hydrogens (tertiary/aromatic N) is 2. The Morgan fingerprint density at radius 1 is 0.966 bits per heavy atom. The number of pyridine rings is 1. The molecule has 4 nitrogen and oxygen atoms in total. The Kier molecular flexibility index (Phi) is 5.90. The third-order valence-corrected chi connectivity index (χ3v) is 5.69. The molecule has 2 aromatic heterocycles. The molecule has 4 aromatic rings. The van der Waals surface area contributed by atoms with E-state index >= 15 is 0 Å². The van der Waals surface area contributed by atoms with Gasteiger partial charge in [-0.3, -0.25) is 9.78 Å². The summed E-state index contributed by atoms with van der Waals surface area (Å²) in [4.78, 5) is 21.1. The molecule has 0 atom stereocenters. The van der Waals surface area contributed by atoms with Crippen molar-refractivity contribution in [1.82, 2.24) is 9.97 Å². The molecule has 144 valence electrons. The Bertz CT molecular complexity index is 1140. The Morgan fingerprint density at radius 2 is 1.72 bits per heavy atom. The predicted octanol–water partition coefficient (Wildman–Crippen LogP) is 6.36. The number of benzene rings is 2. The highest BCUT2D eigenvalue weighted by atomic mass is 35.5. The van der Waals surface area contributed by atoms with Gasteiger partial charge < -0.3 is 5.32 Å². The fourth-order valence-corrected chi connectivity index (χ4v) is 4.09. The number of carbonyl (C=O) groups is 1. The average Bonchev–Trinajstić information content (AvgIpc) is 3.22. The summed E-state index contributed by atoms with van der Waals surface area (Å²) in [6.07, 6.45) is 3.76. The van der Waals surface area contributed by atoms with Gasteiger partial charge >= 0.3 is 0 Å². The number of halogens is 2. The Morgan fingerprint density at radius 3 is 2.45 bits per heavy atom. The first kappa shape index (κ1) is 19.6. The lowest BCUT2D eigenvalue weighted by atomic mass is 10.1. The van der Waals surface area contributed by atoms with Gasteiger partial charge in [0.15, 0.2) is 0 Å². The average molecular weight is 440 g/mol. The van der Waals surface area contributed by atoms with E-state index in [2.05, 4.69) is 10.3 Å². The highest BCUT2D eigenvalue weighted by Crippen LogP contribution is 2.29. The molecule has 0 radical (unpaired) electrons. The first-order chi connectivity index (χ1) is 14.1. The zero-order chi connectivity index (χ0) is 20.2. The highest BCUT2D eigenvalue weighted by Gasteiger charge is 2.10. The van der Waals surface area contributed by atoms with Crippen LogP contribution in [0.5, 0.6) is 0 Å². The van der Waals surface area contributed by atoms with Crippen molar-refractivity contribution < 1.29 is 4.79 Å². The lowest BCUT2D eigenvalue weighted by molar-refractivity contribution is -0.115. The van der Waals surface area contributed by atoms with Gasteiger partial charge in [-0.25, -0.2) is 4.98 Å². The molecule has 0 unspecified atom stereocenters. The fourth-order valence-electron chi connectivity index (χ4n) is 2.80. The zero-order valence-electron chi connectivity index (χ0n) is 15.1. The number of amides is 1. The van der Waals surface area contributed by atoms with Crippen LogP contribution in [0.25, 0.3) is 21.8 Å². The largest absolute Gasteiger partial charge is 0.324 e. The number of carbonyl (C=O) groups excluding carboxylic acids is 1. The molecule has 1 amide bonds. The summed E-state index contributed by atoms with van der Waals surface area (Å²) in [6, 6.07) is 16.7. The molecule has 1 N–H and O–H groups in total. The number of thiazole rings is 1. The summed E-state index contributed by atoms with van der Waals surface area (Å²) in [6.45, 7) is 0. The molecule has 0 saturated heterocycles. The van der Waals surface area contributed by atoms with Crippen LogP contribution in [0.4, 0.5) is 5.69 Å². The smallest absolute Gasteiger partial charge is 0.228 e. The maximum Gasteiger partial charge on any atom is 0.228 e. The second-order valence-electron chi connectivity index (χ2n) is 6.32. The van der Waals surface area contributed by atoms with Gasteiger partial charge in [-0.05, 0) is 35.9 Å². The van der Waals surface area contributed by atoms with Gasteiger partial charge in [0.05, 0.1) is 22.8 Å². The van der Waals surface area contributed by atoms with Crippen LogP contribution in [-0.2, 0) is 11.2 Å². The van der Waals surface area contributed by atoms with Gasteiger partial charge in [-0.15, -0.1) is 11.3 Å². The van der Waals surface area contributed by atoms with Gasteiger partial charge in [0.25, 0.3) is 0 Å². The van der Waals surface area contributed by atoms with Crippen molar-refractivity contribution in [3.63, 3.8) is 0 Å². The van der Waals surface area contributed by atoms with E-state index in [9.17, 15) is 4.79 Å². The van der Waals surface area contributed by atoms with E-state index in [1.165, 1.54) is 0 Å². The van der Waals surface area contributed by atoms with Crippen LogP contribution in [0.15, 0.2) is 72.4 Å². The number of anilines is 1. The molecule has 2 aromatic carbocycles. The number of rotatable bonds is 5. The lowest BCUT2D eigenvalue weighted by Crippen LogP contribution is -2.14. The van der Waals surface area contributed by atoms with E-state index in [1.54, 1.807) is 41.9 Å². The minimum absolute atomic E-state index is 0.143. The van der Waals surface area contributed by atoms with E-state index in [0.29, 0.717) is 15.7 Å². The fraction of sp³-hybridized carbons (Fsp3) is 0.0455. The minimum Gasteiger partial charge on any atom is -0.324 e. The van der Waals surface area contributed by atoms with Gasteiger partial charge in [0.2, 0.25) is 5.91 Å². The van der Waals surface area contributed by atoms with E-state index in [1.807, 2.05) is 41.8 Å². The van der Waals surface area contributed by atoms with Crippen LogP contribution in [-0.4, -0.2) is 15.9 Å². The van der Waals surface area contributed by atoms with Crippen molar-refractivity contribution in [1.29, 1.82) is 0 Å². The number of hydrogen-bond donors (Lipinski definition) is 1. The molecule has 0 fully saturated rings. The second kappa shape index (κ2) is 8.74. The molecule has 0 bridgehead atoms. The van der Waals surface area contributed by atoms with Crippen molar-refractivity contribution in [2.45, 2.75) is 6.42 Å². The number of nitrogens with one attached hydrogen (secondary N) is 1. The topological polar surface area (TPSA) is 54.9 Å². The SMILES string of the molecule is O=C(Cc1ccc(-c2csc(-c3ccncc3)n2)cc1)Nc1ccc(Cl)cc1Cl. The van der Waals surface area contributed by atoms with E-state index in [0.717, 1.165) is 27.4 Å². The molecule has 7 heteroatoms. The highest BCUT2D eigenvalue weighted by molar-refractivity contribution is 7.13. The summed E-state index contributed by atoms with van der Waals surface area (Å²) in [7, 11) is 0. The first-order valence-electron chi connectivity index (χ1n) is 8.78. The molecule has 0 aliphatic rings. The van der Waals surface area contributed by atoms with Crippen LogP contribution < -0.4 is 5.32 Å². The van der Waals surface area contributed by atoms with Crippen LogP contribution >= 0.6 is 34.5 Å². The summed E-state index contributed by atoms with van der Waals surface area (Å²) >= 11 is 13.6. The second-order valence-corrected chi connectivity index (χ2v) is 8.02. The van der Waals surface area contributed by atoms with Crippen molar-refractivity contribution in [2.75, 3.05) is 5.32 Å². The molecule has 2 heterocycles. The quantitative estimate of drug-likeness (QED) is 0.393.